The van der Waals surface area contributed by atoms with Crippen LogP contribution in [0, 0.1) is 0 Å². The summed E-state index contributed by atoms with van der Waals surface area (Å²) in [4.78, 5) is 21.4. The minimum Gasteiger partial charge on any atom is -0.463 e. The maximum absolute atomic E-state index is 11.8. The lowest BCUT2D eigenvalue weighted by Crippen LogP contribution is -2.37. The molecule has 9 heteroatoms. The highest BCUT2D eigenvalue weighted by Gasteiger charge is 2.24. The van der Waals surface area contributed by atoms with Crippen molar-refractivity contribution < 1.29 is 37.6 Å². The van der Waals surface area contributed by atoms with Crippen LogP contribution in [0.1, 0.15) is 90.4 Å². The fraction of sp³-hybridized carbons (Fsp3) is 0.880. The molecule has 0 aromatic carbocycles. The summed E-state index contributed by atoms with van der Waals surface area (Å²) in [5.41, 5.74) is 0. The molecule has 0 aliphatic rings. The van der Waals surface area contributed by atoms with Gasteiger partial charge in [0, 0.05) is 6.42 Å². The van der Waals surface area contributed by atoms with Crippen LogP contribution < -0.4 is 0 Å². The number of likely N-dealkylation sites (N-methyl/N-ethyl adjacent to an activating group) is 1. The molecule has 8 nitrogen and oxygen atoms in total. The molecule has 202 valence electrons. The van der Waals surface area contributed by atoms with Crippen LogP contribution in [0.3, 0.4) is 0 Å². The van der Waals surface area contributed by atoms with Crippen LogP contribution in [0.15, 0.2) is 12.2 Å². The molecule has 0 saturated heterocycles. The summed E-state index contributed by atoms with van der Waals surface area (Å²) in [6, 6.07) is 0. The maximum atomic E-state index is 11.8. The number of hydrogen-bond acceptors (Lipinski definition) is 6. The van der Waals surface area contributed by atoms with Gasteiger partial charge < -0.3 is 19.2 Å². The molecule has 0 radical (unpaired) electrons. The molecule has 34 heavy (non-hydrogen) atoms. The number of phosphoric acid groups is 1. The summed E-state index contributed by atoms with van der Waals surface area (Å²) in [6.07, 6.45) is 17.8. The SMILES string of the molecule is CCCCCCC/C=C\CCCCCCCC(=O)OCC(O)COP(=O)(O)OCC[N+](C)(C)C. The second-order valence-corrected chi connectivity index (χ2v) is 11.4. The van der Waals surface area contributed by atoms with Gasteiger partial charge in [-0.25, -0.2) is 4.57 Å². The molecule has 0 aromatic rings. The third-order valence-electron chi connectivity index (χ3n) is 5.28. The lowest BCUT2D eigenvalue weighted by Gasteiger charge is -2.24. The molecular formula is C25H51NO7P+. The van der Waals surface area contributed by atoms with Gasteiger partial charge in [-0.15, -0.1) is 0 Å². The summed E-state index contributed by atoms with van der Waals surface area (Å²) < 4.78 is 27.0. The van der Waals surface area contributed by atoms with Crippen LogP contribution in [-0.2, 0) is 23.1 Å². The molecule has 0 fully saturated rings. The first-order valence-electron chi connectivity index (χ1n) is 13.0. The lowest BCUT2D eigenvalue weighted by atomic mass is 10.1. The molecule has 0 bridgehead atoms. The number of carbonyl (C=O) groups excluding carboxylic acids is 1. The number of phosphoric ester groups is 1. The molecular weight excluding hydrogens is 457 g/mol. The smallest absolute Gasteiger partial charge is 0.463 e. The second kappa shape index (κ2) is 20.4. The van der Waals surface area contributed by atoms with Crippen molar-refractivity contribution in [2.24, 2.45) is 0 Å². The predicted octanol–water partition coefficient (Wildman–Crippen LogP) is 5.38. The van der Waals surface area contributed by atoms with E-state index in [1.54, 1.807) is 0 Å². The summed E-state index contributed by atoms with van der Waals surface area (Å²) in [7, 11) is 1.55. The van der Waals surface area contributed by atoms with Crippen LogP contribution in [0.2, 0.25) is 0 Å². The Morgan fingerprint density at radius 1 is 0.882 bits per heavy atom. The van der Waals surface area contributed by atoms with Crippen LogP contribution in [-0.4, -0.2) is 74.1 Å². The fourth-order valence-corrected chi connectivity index (χ4v) is 3.87. The molecule has 0 heterocycles. The third kappa shape index (κ3) is 24.4. The maximum Gasteiger partial charge on any atom is 0.472 e. The Morgan fingerprint density at radius 3 is 2.03 bits per heavy atom. The van der Waals surface area contributed by atoms with Gasteiger partial charge in [-0.05, 0) is 32.1 Å². The van der Waals surface area contributed by atoms with Crippen LogP contribution in [0.25, 0.3) is 0 Å². The van der Waals surface area contributed by atoms with E-state index in [0.29, 0.717) is 17.4 Å². The number of nitrogens with zero attached hydrogens (tertiary/aromatic N) is 1. The van der Waals surface area contributed by atoms with E-state index in [4.69, 9.17) is 13.8 Å². The Kier molecular flexibility index (Phi) is 20.0. The Hall–Kier alpha value is -0.760. The Balaban J connectivity index is 3.61. The zero-order valence-corrected chi connectivity index (χ0v) is 23.0. The Morgan fingerprint density at radius 2 is 1.44 bits per heavy atom. The van der Waals surface area contributed by atoms with Gasteiger partial charge in [-0.1, -0.05) is 64.0 Å². The molecule has 0 aromatic heterocycles. The quantitative estimate of drug-likeness (QED) is 0.0628. The van der Waals surface area contributed by atoms with Crippen molar-refractivity contribution in [3.8, 4) is 0 Å². The van der Waals surface area contributed by atoms with E-state index in [0.717, 1.165) is 32.1 Å². The summed E-state index contributed by atoms with van der Waals surface area (Å²) in [6.45, 7) is 2.10. The van der Waals surface area contributed by atoms with E-state index < -0.39 is 20.5 Å². The zero-order chi connectivity index (χ0) is 25.7. The van der Waals surface area contributed by atoms with Crippen molar-refractivity contribution in [2.45, 2.75) is 96.5 Å². The van der Waals surface area contributed by atoms with Gasteiger partial charge in [-0.2, -0.15) is 0 Å². The average molecular weight is 509 g/mol. The minimum atomic E-state index is -4.24. The number of ether oxygens (including phenoxy) is 1. The third-order valence-corrected chi connectivity index (χ3v) is 6.26. The number of allylic oxidation sites excluding steroid dienone is 2. The molecule has 2 unspecified atom stereocenters. The van der Waals surface area contributed by atoms with Gasteiger partial charge >= 0.3 is 13.8 Å². The number of esters is 1. The molecule has 0 saturated carbocycles. The van der Waals surface area contributed by atoms with Crippen molar-refractivity contribution in [3.05, 3.63) is 12.2 Å². The molecule has 0 spiro atoms. The van der Waals surface area contributed by atoms with Crippen molar-refractivity contribution in [3.63, 3.8) is 0 Å². The van der Waals surface area contributed by atoms with Crippen molar-refractivity contribution in [1.82, 2.24) is 0 Å². The van der Waals surface area contributed by atoms with Gasteiger partial charge in [0.25, 0.3) is 0 Å². The summed E-state index contributed by atoms with van der Waals surface area (Å²) >= 11 is 0. The van der Waals surface area contributed by atoms with E-state index in [1.165, 1.54) is 44.9 Å². The summed E-state index contributed by atoms with van der Waals surface area (Å²) in [5, 5.41) is 9.81. The number of hydrogen-bond donors (Lipinski definition) is 2. The molecule has 0 aliphatic carbocycles. The predicted molar refractivity (Wildman–Crippen MR) is 136 cm³/mol. The van der Waals surface area contributed by atoms with Gasteiger partial charge in [-0.3, -0.25) is 13.8 Å². The van der Waals surface area contributed by atoms with Crippen LogP contribution in [0.5, 0.6) is 0 Å². The van der Waals surface area contributed by atoms with Crippen molar-refractivity contribution in [2.75, 3.05) is 47.5 Å². The van der Waals surface area contributed by atoms with Gasteiger partial charge in [0.05, 0.1) is 27.7 Å². The van der Waals surface area contributed by atoms with Gasteiger partial charge in [0.15, 0.2) is 0 Å². The first-order chi connectivity index (χ1) is 16.1. The topological polar surface area (TPSA) is 102 Å². The van der Waals surface area contributed by atoms with Crippen LogP contribution >= 0.6 is 7.82 Å². The van der Waals surface area contributed by atoms with E-state index in [2.05, 4.69) is 19.1 Å². The normalized spacial score (nSPS) is 14.9. The average Bonchev–Trinajstić information content (AvgIpc) is 2.75. The van der Waals surface area contributed by atoms with E-state index in [1.807, 2.05) is 21.1 Å². The van der Waals surface area contributed by atoms with Gasteiger partial charge in [0.2, 0.25) is 0 Å². The second-order valence-electron chi connectivity index (χ2n) is 9.93. The van der Waals surface area contributed by atoms with E-state index in [9.17, 15) is 19.4 Å². The van der Waals surface area contributed by atoms with Crippen LogP contribution in [0.4, 0.5) is 0 Å². The highest BCUT2D eigenvalue weighted by Crippen LogP contribution is 2.43. The number of unbranched alkanes of at least 4 members (excludes halogenated alkanes) is 10. The Bertz CT molecular complexity index is 578. The summed E-state index contributed by atoms with van der Waals surface area (Å²) in [5.74, 6) is -0.382. The number of carbonyl (C=O) groups is 1. The highest BCUT2D eigenvalue weighted by atomic mass is 31.2. The number of aliphatic hydroxyl groups excluding tert-OH is 1. The molecule has 0 aliphatic heterocycles. The standard InChI is InChI=1S/C25H50NO7P/c1-5-6-7-8-9-10-11-12-13-14-15-16-17-18-19-25(28)31-22-24(27)23-33-34(29,30)32-21-20-26(2,3)4/h11-12,24,27H,5-10,13-23H2,1-4H3/p+1/b12-11-. The largest absolute Gasteiger partial charge is 0.472 e. The number of quaternary nitrogens is 1. The lowest BCUT2D eigenvalue weighted by molar-refractivity contribution is -0.870. The van der Waals surface area contributed by atoms with Crippen molar-refractivity contribution in [1.29, 1.82) is 0 Å². The Labute approximate surface area is 207 Å². The monoisotopic (exact) mass is 508 g/mol. The minimum absolute atomic E-state index is 0.0538. The number of aliphatic hydroxyl groups is 1. The highest BCUT2D eigenvalue weighted by molar-refractivity contribution is 7.47. The zero-order valence-electron chi connectivity index (χ0n) is 22.1. The fourth-order valence-electron chi connectivity index (χ4n) is 3.12. The molecule has 2 N–H and O–H groups in total. The molecule has 0 amide bonds. The molecule has 0 rings (SSSR count). The van der Waals surface area contributed by atoms with E-state index >= 15 is 0 Å². The first kappa shape index (κ1) is 33.2. The molecule has 2 atom stereocenters. The first-order valence-corrected chi connectivity index (χ1v) is 14.5. The van der Waals surface area contributed by atoms with E-state index in [-0.39, 0.29) is 19.2 Å². The van der Waals surface area contributed by atoms with Gasteiger partial charge in [0.1, 0.15) is 25.9 Å². The number of rotatable bonds is 23. The van der Waals surface area contributed by atoms with Crippen molar-refractivity contribution >= 4 is 13.8 Å².